The van der Waals surface area contributed by atoms with Crippen LogP contribution in [0.2, 0.25) is 0 Å². The fraction of sp³-hybridized carbons (Fsp3) is 0.636. The zero-order valence-corrected chi connectivity index (χ0v) is 10.9. The lowest BCUT2D eigenvalue weighted by Gasteiger charge is -2.19. The number of nitrogens with one attached hydrogen (secondary N) is 1. The van der Waals surface area contributed by atoms with Crippen LogP contribution in [0.25, 0.3) is 0 Å². The summed E-state index contributed by atoms with van der Waals surface area (Å²) in [5.41, 5.74) is 0. The highest BCUT2D eigenvalue weighted by molar-refractivity contribution is 9.10. The number of hydrogen-bond donors (Lipinski definition) is 2. The summed E-state index contributed by atoms with van der Waals surface area (Å²) in [4.78, 5) is 8.50. The minimum atomic E-state index is 0.253. The molecule has 1 aliphatic rings. The molecule has 1 aliphatic carbocycles. The normalized spacial score (nSPS) is 24.7. The van der Waals surface area contributed by atoms with Crippen molar-refractivity contribution in [2.24, 2.45) is 5.92 Å². The molecular weight excluding hydrogens is 270 g/mol. The monoisotopic (exact) mass is 285 g/mol. The van der Waals surface area contributed by atoms with Crippen LogP contribution >= 0.6 is 15.9 Å². The number of rotatable bonds is 3. The van der Waals surface area contributed by atoms with Gasteiger partial charge in [-0.3, -0.25) is 0 Å². The molecule has 1 aromatic heterocycles. The van der Waals surface area contributed by atoms with Gasteiger partial charge in [0.25, 0.3) is 0 Å². The summed E-state index contributed by atoms with van der Waals surface area (Å²) in [5, 5.41) is 12.6. The molecule has 1 heterocycles. The van der Waals surface area contributed by atoms with E-state index in [1.165, 1.54) is 6.42 Å². The first-order valence-corrected chi connectivity index (χ1v) is 6.37. The van der Waals surface area contributed by atoms with Crippen LogP contribution in [0.4, 0.5) is 5.82 Å². The van der Waals surface area contributed by atoms with Gasteiger partial charge in [0, 0.05) is 24.6 Å². The van der Waals surface area contributed by atoms with Crippen LogP contribution in [0.3, 0.4) is 0 Å². The number of nitrogens with zero attached hydrogens (tertiary/aromatic N) is 2. The molecule has 0 bridgehead atoms. The van der Waals surface area contributed by atoms with E-state index in [0.29, 0.717) is 12.0 Å². The first kappa shape index (κ1) is 11.8. The molecule has 0 aliphatic heterocycles. The van der Waals surface area contributed by atoms with Gasteiger partial charge in [0.2, 0.25) is 0 Å². The van der Waals surface area contributed by atoms with Crippen LogP contribution in [-0.2, 0) is 0 Å². The van der Waals surface area contributed by atoms with Gasteiger partial charge in [0.1, 0.15) is 16.2 Å². The topological polar surface area (TPSA) is 58.0 Å². The Kier molecular flexibility index (Phi) is 3.76. The molecular formula is C11H16BrN3O. The molecule has 2 unspecified atom stereocenters. The lowest BCUT2D eigenvalue weighted by molar-refractivity contribution is 0.222. The molecule has 1 aromatic rings. The Morgan fingerprint density at radius 2 is 2.31 bits per heavy atom. The minimum absolute atomic E-state index is 0.253. The summed E-state index contributed by atoms with van der Waals surface area (Å²) >= 11 is 3.35. The van der Waals surface area contributed by atoms with Crippen molar-refractivity contribution < 1.29 is 5.11 Å². The van der Waals surface area contributed by atoms with Gasteiger partial charge < -0.3 is 10.4 Å². The molecule has 1 saturated carbocycles. The van der Waals surface area contributed by atoms with Crippen molar-refractivity contribution in [3.8, 4) is 0 Å². The van der Waals surface area contributed by atoms with Gasteiger partial charge in [0.15, 0.2) is 0 Å². The predicted octanol–water partition coefficient (Wildman–Crippen LogP) is 2.12. The molecule has 0 saturated heterocycles. The van der Waals surface area contributed by atoms with Crippen molar-refractivity contribution >= 4 is 21.7 Å². The van der Waals surface area contributed by atoms with Crippen molar-refractivity contribution in [1.82, 2.24) is 9.97 Å². The summed E-state index contributed by atoms with van der Waals surface area (Å²) < 4.78 is 0.793. The van der Waals surface area contributed by atoms with Gasteiger partial charge in [-0.2, -0.15) is 0 Å². The van der Waals surface area contributed by atoms with E-state index in [-0.39, 0.29) is 6.61 Å². The number of halogens is 1. The van der Waals surface area contributed by atoms with Gasteiger partial charge in [-0.1, -0.05) is 6.42 Å². The first-order valence-electron chi connectivity index (χ1n) is 5.57. The van der Waals surface area contributed by atoms with Gasteiger partial charge in [-0.05, 0) is 35.7 Å². The second-order valence-corrected chi connectivity index (χ2v) is 5.06. The third-order valence-electron chi connectivity index (χ3n) is 3.03. The second-order valence-electron chi connectivity index (χ2n) is 4.25. The fourth-order valence-electron chi connectivity index (χ4n) is 2.24. The van der Waals surface area contributed by atoms with E-state index < -0.39 is 0 Å². The second kappa shape index (κ2) is 5.10. The van der Waals surface area contributed by atoms with E-state index >= 15 is 0 Å². The summed E-state index contributed by atoms with van der Waals surface area (Å²) in [5.74, 6) is 1.94. The van der Waals surface area contributed by atoms with Crippen LogP contribution < -0.4 is 5.32 Å². The molecule has 88 valence electrons. The number of aliphatic hydroxyl groups is 1. The largest absolute Gasteiger partial charge is 0.396 e. The van der Waals surface area contributed by atoms with Crippen molar-refractivity contribution in [3.63, 3.8) is 0 Å². The fourth-order valence-corrected chi connectivity index (χ4v) is 2.71. The molecule has 1 fully saturated rings. The third kappa shape index (κ3) is 2.71. The van der Waals surface area contributed by atoms with Crippen LogP contribution in [0, 0.1) is 12.8 Å². The summed E-state index contributed by atoms with van der Waals surface area (Å²) in [7, 11) is 0. The minimum Gasteiger partial charge on any atom is -0.396 e. The zero-order valence-electron chi connectivity index (χ0n) is 9.28. The van der Waals surface area contributed by atoms with Crippen LogP contribution in [-0.4, -0.2) is 27.7 Å². The number of anilines is 1. The highest BCUT2D eigenvalue weighted by Crippen LogP contribution is 2.28. The Balaban J connectivity index is 2.08. The lowest BCUT2D eigenvalue weighted by Crippen LogP contribution is -2.26. The first-order chi connectivity index (χ1) is 7.69. The highest BCUT2D eigenvalue weighted by Gasteiger charge is 2.26. The van der Waals surface area contributed by atoms with Crippen LogP contribution in [0.15, 0.2) is 10.7 Å². The average Bonchev–Trinajstić information content (AvgIpc) is 2.63. The maximum atomic E-state index is 9.24. The van der Waals surface area contributed by atoms with Crippen molar-refractivity contribution in [1.29, 1.82) is 0 Å². The van der Waals surface area contributed by atoms with Crippen molar-refractivity contribution in [2.75, 3.05) is 11.9 Å². The SMILES string of the molecule is Cc1nc(Br)cc(NC2CCCC2CO)n1. The lowest BCUT2D eigenvalue weighted by atomic mass is 10.1. The third-order valence-corrected chi connectivity index (χ3v) is 3.44. The van der Waals surface area contributed by atoms with E-state index in [2.05, 4.69) is 31.2 Å². The van der Waals surface area contributed by atoms with E-state index in [1.807, 2.05) is 13.0 Å². The molecule has 2 rings (SSSR count). The summed E-state index contributed by atoms with van der Waals surface area (Å²) in [6.07, 6.45) is 3.37. The predicted molar refractivity (Wildman–Crippen MR) is 66.3 cm³/mol. The molecule has 4 nitrogen and oxygen atoms in total. The van der Waals surface area contributed by atoms with E-state index in [9.17, 15) is 5.11 Å². The average molecular weight is 286 g/mol. The van der Waals surface area contributed by atoms with E-state index in [1.54, 1.807) is 0 Å². The highest BCUT2D eigenvalue weighted by atomic mass is 79.9. The Morgan fingerprint density at radius 3 is 3.00 bits per heavy atom. The molecule has 0 aromatic carbocycles. The van der Waals surface area contributed by atoms with Crippen LogP contribution in [0.1, 0.15) is 25.1 Å². The molecule has 0 spiro atoms. The van der Waals surface area contributed by atoms with Gasteiger partial charge in [0.05, 0.1) is 0 Å². The summed E-state index contributed by atoms with van der Waals surface area (Å²) in [6.45, 7) is 2.12. The molecule has 5 heteroatoms. The molecule has 0 amide bonds. The van der Waals surface area contributed by atoms with Gasteiger partial charge in [-0.25, -0.2) is 9.97 Å². The Bertz CT molecular complexity index is 352. The Labute approximate surface area is 104 Å². The molecule has 16 heavy (non-hydrogen) atoms. The quantitative estimate of drug-likeness (QED) is 0.836. The number of aryl methyl sites for hydroxylation is 1. The van der Waals surface area contributed by atoms with Gasteiger partial charge >= 0.3 is 0 Å². The molecule has 2 atom stereocenters. The Hall–Kier alpha value is -0.680. The van der Waals surface area contributed by atoms with E-state index in [4.69, 9.17) is 0 Å². The number of aliphatic hydroxyl groups excluding tert-OH is 1. The maximum Gasteiger partial charge on any atom is 0.131 e. The van der Waals surface area contributed by atoms with Crippen molar-refractivity contribution in [3.05, 3.63) is 16.5 Å². The maximum absolute atomic E-state index is 9.24. The summed E-state index contributed by atoms with van der Waals surface area (Å²) in [6, 6.07) is 2.21. The number of aromatic nitrogens is 2. The number of hydrogen-bond acceptors (Lipinski definition) is 4. The Morgan fingerprint density at radius 1 is 1.50 bits per heavy atom. The van der Waals surface area contributed by atoms with E-state index in [0.717, 1.165) is 29.1 Å². The van der Waals surface area contributed by atoms with Crippen molar-refractivity contribution in [2.45, 2.75) is 32.2 Å². The standard InChI is InChI=1S/C11H16BrN3O/c1-7-13-10(12)5-11(14-7)15-9-4-2-3-8(9)6-16/h5,8-9,16H,2-4,6H2,1H3,(H,13,14,15). The van der Waals surface area contributed by atoms with Crippen LogP contribution in [0.5, 0.6) is 0 Å². The molecule has 0 radical (unpaired) electrons. The van der Waals surface area contributed by atoms with Gasteiger partial charge in [-0.15, -0.1) is 0 Å². The smallest absolute Gasteiger partial charge is 0.131 e. The molecule has 2 N–H and O–H groups in total. The zero-order chi connectivity index (χ0) is 11.5.